The molecule has 0 bridgehead atoms. The molecule has 112 valence electrons. The van der Waals surface area contributed by atoms with Gasteiger partial charge in [-0.3, -0.25) is 0 Å². The molecule has 1 aromatic heterocycles. The molecule has 0 saturated heterocycles. The van der Waals surface area contributed by atoms with Crippen LogP contribution in [0.15, 0.2) is 17.5 Å². The van der Waals surface area contributed by atoms with Crippen LogP contribution in [-0.4, -0.2) is 28.8 Å². The van der Waals surface area contributed by atoms with E-state index in [9.17, 15) is 9.59 Å². The molecule has 1 unspecified atom stereocenters. The average molecular weight is 299 g/mol. The largest absolute Gasteiger partial charge is 0.480 e. The number of aliphatic carboxylic acids is 1. The summed E-state index contributed by atoms with van der Waals surface area (Å²) in [5, 5.41) is 13.5. The zero-order valence-corrected chi connectivity index (χ0v) is 12.8. The first-order chi connectivity index (χ1) is 9.28. The molecular weight excluding hydrogens is 278 g/mol. The van der Waals surface area contributed by atoms with Gasteiger partial charge in [0.05, 0.1) is 0 Å². The van der Waals surface area contributed by atoms with E-state index in [2.05, 4.69) is 5.32 Å². The first-order valence-corrected chi connectivity index (χ1v) is 7.40. The zero-order valence-electron chi connectivity index (χ0n) is 12.0. The van der Waals surface area contributed by atoms with Gasteiger partial charge >= 0.3 is 12.1 Å². The number of carboxylic acids is 1. The Morgan fingerprint density at radius 3 is 2.65 bits per heavy atom. The molecule has 0 aliphatic rings. The lowest BCUT2D eigenvalue weighted by Crippen LogP contribution is -2.43. The quantitative estimate of drug-likeness (QED) is 0.846. The molecule has 1 amide bonds. The minimum atomic E-state index is -1.04. The first-order valence-electron chi connectivity index (χ1n) is 6.52. The Balaban J connectivity index is 2.40. The van der Waals surface area contributed by atoms with Crippen LogP contribution >= 0.6 is 11.3 Å². The van der Waals surface area contributed by atoms with E-state index in [1.807, 2.05) is 17.5 Å². The molecule has 1 heterocycles. The van der Waals surface area contributed by atoms with E-state index >= 15 is 0 Å². The average Bonchev–Trinajstić information content (AvgIpc) is 2.77. The number of carboxylic acid groups (broad SMARTS) is 1. The molecule has 20 heavy (non-hydrogen) atoms. The third-order valence-electron chi connectivity index (χ3n) is 2.49. The Kier molecular flexibility index (Phi) is 6.01. The first kappa shape index (κ1) is 16.5. The number of nitrogens with one attached hydrogen (secondary N) is 1. The number of thiophene rings is 1. The third kappa shape index (κ3) is 6.56. The smallest absolute Gasteiger partial charge is 0.408 e. The lowest BCUT2D eigenvalue weighted by molar-refractivity contribution is -0.139. The number of carbonyl (C=O) groups is 2. The molecule has 0 radical (unpaired) electrons. The van der Waals surface area contributed by atoms with Crippen LogP contribution in [0.5, 0.6) is 0 Å². The number of alkyl carbamates (subject to hydrolysis) is 1. The van der Waals surface area contributed by atoms with Crippen molar-refractivity contribution in [3.05, 3.63) is 22.4 Å². The summed E-state index contributed by atoms with van der Waals surface area (Å²) >= 11 is 1.65. The second-order valence-electron chi connectivity index (χ2n) is 5.51. The minimum absolute atomic E-state index is 0.381. The summed E-state index contributed by atoms with van der Waals surface area (Å²) in [7, 11) is 0. The van der Waals surface area contributed by atoms with Crippen molar-refractivity contribution in [3.8, 4) is 0 Å². The molecule has 0 spiro atoms. The number of amides is 1. The Morgan fingerprint density at radius 1 is 1.45 bits per heavy atom. The summed E-state index contributed by atoms with van der Waals surface area (Å²) < 4.78 is 5.06. The minimum Gasteiger partial charge on any atom is -0.480 e. The van der Waals surface area contributed by atoms with Crippen molar-refractivity contribution in [2.75, 3.05) is 0 Å². The van der Waals surface area contributed by atoms with Crippen LogP contribution in [0.1, 0.15) is 38.5 Å². The molecule has 5 nitrogen and oxygen atoms in total. The molecule has 1 aromatic rings. The SMILES string of the molecule is CC(C)(C)OC(=O)NC(CCCc1cccs1)C(=O)O. The van der Waals surface area contributed by atoms with Crippen LogP contribution in [-0.2, 0) is 16.0 Å². The van der Waals surface area contributed by atoms with Gasteiger partial charge < -0.3 is 15.2 Å². The second-order valence-corrected chi connectivity index (χ2v) is 6.54. The van der Waals surface area contributed by atoms with E-state index < -0.39 is 23.7 Å². The van der Waals surface area contributed by atoms with Crippen molar-refractivity contribution in [2.24, 2.45) is 0 Å². The van der Waals surface area contributed by atoms with E-state index in [1.165, 1.54) is 4.88 Å². The van der Waals surface area contributed by atoms with Crippen molar-refractivity contribution in [1.29, 1.82) is 0 Å². The fraction of sp³-hybridized carbons (Fsp3) is 0.571. The van der Waals surface area contributed by atoms with Gasteiger partial charge in [0, 0.05) is 4.88 Å². The van der Waals surface area contributed by atoms with Crippen LogP contribution in [0.2, 0.25) is 0 Å². The van der Waals surface area contributed by atoms with Gasteiger partial charge in [-0.05, 0) is 51.5 Å². The number of hydrogen-bond acceptors (Lipinski definition) is 4. The lowest BCUT2D eigenvalue weighted by atomic mass is 10.1. The highest BCUT2D eigenvalue weighted by atomic mass is 32.1. The van der Waals surface area contributed by atoms with Gasteiger partial charge in [-0.2, -0.15) is 0 Å². The maximum absolute atomic E-state index is 11.6. The molecule has 0 aliphatic carbocycles. The molecule has 0 fully saturated rings. The molecule has 2 N–H and O–H groups in total. The Labute approximate surface area is 123 Å². The van der Waals surface area contributed by atoms with Crippen LogP contribution in [0.3, 0.4) is 0 Å². The number of ether oxygens (including phenoxy) is 1. The van der Waals surface area contributed by atoms with Crippen LogP contribution in [0, 0.1) is 0 Å². The second kappa shape index (κ2) is 7.28. The molecule has 0 saturated carbocycles. The summed E-state index contributed by atoms with van der Waals surface area (Å²) in [6, 6.07) is 3.07. The van der Waals surface area contributed by atoms with E-state index in [-0.39, 0.29) is 0 Å². The third-order valence-corrected chi connectivity index (χ3v) is 3.42. The van der Waals surface area contributed by atoms with Gasteiger partial charge in [0.2, 0.25) is 0 Å². The summed E-state index contributed by atoms with van der Waals surface area (Å²) in [5.41, 5.74) is -0.635. The molecular formula is C14H21NO4S. The standard InChI is InChI=1S/C14H21NO4S/c1-14(2,3)19-13(18)15-11(12(16)17)8-4-6-10-7-5-9-20-10/h5,7,9,11H,4,6,8H2,1-3H3,(H,15,18)(H,16,17). The van der Waals surface area contributed by atoms with Crippen LogP contribution in [0.25, 0.3) is 0 Å². The monoisotopic (exact) mass is 299 g/mol. The predicted octanol–water partition coefficient (Wildman–Crippen LogP) is 3.05. The molecule has 0 aromatic carbocycles. The van der Waals surface area contributed by atoms with Gasteiger partial charge in [0.1, 0.15) is 11.6 Å². The van der Waals surface area contributed by atoms with Crippen molar-refractivity contribution in [2.45, 2.75) is 51.7 Å². The fourth-order valence-corrected chi connectivity index (χ4v) is 2.39. The van der Waals surface area contributed by atoms with Crippen molar-refractivity contribution < 1.29 is 19.4 Å². The summed E-state index contributed by atoms with van der Waals surface area (Å²) in [4.78, 5) is 23.9. The van der Waals surface area contributed by atoms with E-state index in [0.717, 1.165) is 6.42 Å². The van der Waals surface area contributed by atoms with Crippen LogP contribution < -0.4 is 5.32 Å². The van der Waals surface area contributed by atoms with Crippen LogP contribution in [0.4, 0.5) is 4.79 Å². The van der Waals surface area contributed by atoms with Crippen molar-refractivity contribution >= 4 is 23.4 Å². The molecule has 6 heteroatoms. The predicted molar refractivity (Wildman–Crippen MR) is 78.1 cm³/mol. The lowest BCUT2D eigenvalue weighted by Gasteiger charge is -2.21. The highest BCUT2D eigenvalue weighted by Gasteiger charge is 2.23. The van der Waals surface area contributed by atoms with Gasteiger partial charge in [-0.1, -0.05) is 6.07 Å². The maximum Gasteiger partial charge on any atom is 0.408 e. The Hall–Kier alpha value is -1.56. The maximum atomic E-state index is 11.6. The van der Waals surface area contributed by atoms with Gasteiger partial charge in [-0.15, -0.1) is 11.3 Å². The molecule has 0 aliphatic heterocycles. The number of carbonyl (C=O) groups excluding carboxylic acids is 1. The summed E-state index contributed by atoms with van der Waals surface area (Å²) in [6.07, 6.45) is 1.21. The zero-order chi connectivity index (χ0) is 15.2. The van der Waals surface area contributed by atoms with E-state index in [0.29, 0.717) is 12.8 Å². The van der Waals surface area contributed by atoms with E-state index in [1.54, 1.807) is 32.1 Å². The highest BCUT2D eigenvalue weighted by Crippen LogP contribution is 2.13. The molecule has 1 atom stereocenters. The normalized spacial score (nSPS) is 12.8. The van der Waals surface area contributed by atoms with Crippen molar-refractivity contribution in [1.82, 2.24) is 5.32 Å². The Bertz CT molecular complexity index is 437. The Morgan fingerprint density at radius 2 is 2.15 bits per heavy atom. The highest BCUT2D eigenvalue weighted by molar-refractivity contribution is 7.09. The van der Waals surface area contributed by atoms with Gasteiger partial charge in [0.25, 0.3) is 0 Å². The number of hydrogen-bond donors (Lipinski definition) is 2. The topological polar surface area (TPSA) is 75.6 Å². The van der Waals surface area contributed by atoms with E-state index in [4.69, 9.17) is 9.84 Å². The van der Waals surface area contributed by atoms with Gasteiger partial charge in [0.15, 0.2) is 0 Å². The van der Waals surface area contributed by atoms with Crippen molar-refractivity contribution in [3.63, 3.8) is 0 Å². The molecule has 1 rings (SSSR count). The summed E-state index contributed by atoms with van der Waals surface area (Å²) in [6.45, 7) is 5.21. The fourth-order valence-electron chi connectivity index (χ4n) is 1.64. The summed E-state index contributed by atoms with van der Waals surface area (Å²) in [5.74, 6) is -1.04. The van der Waals surface area contributed by atoms with Gasteiger partial charge in [-0.25, -0.2) is 9.59 Å². The number of rotatable bonds is 6. The number of aryl methyl sites for hydroxylation is 1.